The molecule has 1 unspecified atom stereocenters. The Bertz CT molecular complexity index is 322. The van der Waals surface area contributed by atoms with Crippen molar-refractivity contribution in [2.24, 2.45) is 0 Å². The minimum absolute atomic E-state index is 0.0709. The third-order valence-corrected chi connectivity index (χ3v) is 4.41. The Labute approximate surface area is 110 Å². The maximum Gasteiger partial charge on any atom is 0.113 e. The zero-order chi connectivity index (χ0) is 12.7. The highest BCUT2D eigenvalue weighted by atomic mass is 32.1. The van der Waals surface area contributed by atoms with Crippen molar-refractivity contribution in [3.05, 3.63) is 16.1 Å². The molecule has 0 aliphatic heterocycles. The lowest BCUT2D eigenvalue weighted by Crippen LogP contribution is -2.39. The van der Waals surface area contributed by atoms with Gasteiger partial charge in [0.2, 0.25) is 0 Å². The van der Waals surface area contributed by atoms with Crippen molar-refractivity contribution >= 4 is 11.3 Å². The van der Waals surface area contributed by atoms with E-state index < -0.39 is 0 Å². The standard InChI is InChI=1S/C14H26N2S/c1-5-7-8-9-10-14(4,15-6-2)13-16-12(3)11-17-13/h11,15H,5-10H2,1-4H3. The second kappa shape index (κ2) is 7.12. The molecule has 1 aromatic rings. The monoisotopic (exact) mass is 254 g/mol. The predicted octanol–water partition coefficient (Wildman–Crippen LogP) is 4.25. The Hall–Kier alpha value is -0.410. The van der Waals surface area contributed by atoms with Crippen LogP contribution in [-0.2, 0) is 5.54 Å². The highest BCUT2D eigenvalue weighted by Gasteiger charge is 2.27. The number of unbranched alkanes of at least 4 members (excludes halogenated alkanes) is 3. The lowest BCUT2D eigenvalue weighted by Gasteiger charge is -2.28. The maximum atomic E-state index is 4.66. The molecule has 3 heteroatoms. The van der Waals surface area contributed by atoms with Crippen LogP contribution in [0, 0.1) is 6.92 Å². The van der Waals surface area contributed by atoms with Crippen molar-refractivity contribution in [2.75, 3.05) is 6.54 Å². The minimum atomic E-state index is 0.0709. The molecule has 0 fully saturated rings. The van der Waals surface area contributed by atoms with Crippen LogP contribution >= 0.6 is 11.3 Å². The Morgan fingerprint density at radius 2 is 2.06 bits per heavy atom. The molecule has 1 N–H and O–H groups in total. The van der Waals surface area contributed by atoms with Gasteiger partial charge in [-0.3, -0.25) is 0 Å². The summed E-state index contributed by atoms with van der Waals surface area (Å²) >= 11 is 1.79. The lowest BCUT2D eigenvalue weighted by atomic mass is 9.94. The summed E-state index contributed by atoms with van der Waals surface area (Å²) in [5.74, 6) is 0. The summed E-state index contributed by atoms with van der Waals surface area (Å²) in [6.07, 6.45) is 6.46. The first kappa shape index (κ1) is 14.7. The molecule has 1 rings (SSSR count). The highest BCUT2D eigenvalue weighted by molar-refractivity contribution is 7.09. The van der Waals surface area contributed by atoms with Crippen molar-refractivity contribution < 1.29 is 0 Å². The second-order valence-corrected chi connectivity index (χ2v) is 5.83. The third kappa shape index (κ3) is 4.40. The molecular weight excluding hydrogens is 228 g/mol. The van der Waals surface area contributed by atoms with E-state index in [0.29, 0.717) is 0 Å². The zero-order valence-corrected chi connectivity index (χ0v) is 12.5. The fourth-order valence-electron chi connectivity index (χ4n) is 2.17. The van der Waals surface area contributed by atoms with E-state index in [1.165, 1.54) is 37.1 Å². The van der Waals surface area contributed by atoms with Gasteiger partial charge in [-0.15, -0.1) is 11.3 Å². The lowest BCUT2D eigenvalue weighted by molar-refractivity contribution is 0.332. The van der Waals surface area contributed by atoms with Gasteiger partial charge in [-0.05, 0) is 26.8 Å². The van der Waals surface area contributed by atoms with Crippen LogP contribution in [0.3, 0.4) is 0 Å². The first-order chi connectivity index (χ1) is 8.12. The van der Waals surface area contributed by atoms with E-state index in [4.69, 9.17) is 0 Å². The van der Waals surface area contributed by atoms with Crippen molar-refractivity contribution in [1.82, 2.24) is 10.3 Å². The van der Waals surface area contributed by atoms with E-state index in [2.05, 4.69) is 43.4 Å². The number of nitrogens with one attached hydrogen (secondary N) is 1. The fourth-order valence-corrected chi connectivity index (χ4v) is 3.14. The summed E-state index contributed by atoms with van der Waals surface area (Å²) in [4.78, 5) is 4.66. The molecule has 17 heavy (non-hydrogen) atoms. The first-order valence-corrected chi connectivity index (χ1v) is 7.68. The van der Waals surface area contributed by atoms with E-state index in [1.54, 1.807) is 11.3 Å². The Balaban J connectivity index is 2.61. The van der Waals surface area contributed by atoms with Crippen LogP contribution in [0.15, 0.2) is 5.38 Å². The van der Waals surface area contributed by atoms with Crippen LogP contribution in [-0.4, -0.2) is 11.5 Å². The number of thiazole rings is 1. The van der Waals surface area contributed by atoms with Crippen LogP contribution in [0.1, 0.15) is 63.6 Å². The summed E-state index contributed by atoms with van der Waals surface area (Å²) in [6, 6.07) is 0. The summed E-state index contributed by atoms with van der Waals surface area (Å²) < 4.78 is 0. The molecule has 0 radical (unpaired) electrons. The smallest absolute Gasteiger partial charge is 0.113 e. The second-order valence-electron chi connectivity index (χ2n) is 4.97. The predicted molar refractivity (Wildman–Crippen MR) is 76.6 cm³/mol. The van der Waals surface area contributed by atoms with E-state index >= 15 is 0 Å². The quantitative estimate of drug-likeness (QED) is 0.702. The molecule has 0 aliphatic carbocycles. The van der Waals surface area contributed by atoms with E-state index in [9.17, 15) is 0 Å². The van der Waals surface area contributed by atoms with Gasteiger partial charge < -0.3 is 5.32 Å². The molecule has 1 heterocycles. The average molecular weight is 254 g/mol. The molecule has 1 aromatic heterocycles. The molecule has 2 nitrogen and oxygen atoms in total. The molecule has 98 valence electrons. The first-order valence-electron chi connectivity index (χ1n) is 6.80. The van der Waals surface area contributed by atoms with E-state index in [-0.39, 0.29) is 5.54 Å². The van der Waals surface area contributed by atoms with Gasteiger partial charge in [0, 0.05) is 11.1 Å². The molecule has 0 aromatic carbocycles. The van der Waals surface area contributed by atoms with E-state index in [0.717, 1.165) is 12.2 Å². The number of nitrogens with zero attached hydrogens (tertiary/aromatic N) is 1. The number of rotatable bonds is 8. The molecular formula is C14H26N2S. The minimum Gasteiger partial charge on any atom is -0.306 e. The third-order valence-electron chi connectivity index (χ3n) is 3.19. The largest absolute Gasteiger partial charge is 0.306 e. The van der Waals surface area contributed by atoms with Crippen molar-refractivity contribution in [1.29, 1.82) is 0 Å². The fraction of sp³-hybridized carbons (Fsp3) is 0.786. The van der Waals surface area contributed by atoms with Gasteiger partial charge in [0.05, 0.1) is 5.54 Å². The van der Waals surface area contributed by atoms with Crippen LogP contribution in [0.4, 0.5) is 0 Å². The van der Waals surface area contributed by atoms with Crippen molar-refractivity contribution in [3.8, 4) is 0 Å². The normalized spacial score (nSPS) is 14.8. The Kier molecular flexibility index (Phi) is 6.14. The maximum absolute atomic E-state index is 4.66. The van der Waals surface area contributed by atoms with Gasteiger partial charge in [0.15, 0.2) is 0 Å². The SMILES string of the molecule is CCCCCCC(C)(NCC)c1nc(C)cs1. The molecule has 0 aliphatic rings. The van der Waals surface area contributed by atoms with Crippen molar-refractivity contribution in [2.45, 2.75) is 65.3 Å². The van der Waals surface area contributed by atoms with Crippen LogP contribution in [0.5, 0.6) is 0 Å². The molecule has 0 amide bonds. The summed E-state index contributed by atoms with van der Waals surface area (Å²) in [5.41, 5.74) is 1.21. The van der Waals surface area contributed by atoms with E-state index in [1.807, 2.05) is 0 Å². The molecule has 0 saturated heterocycles. The van der Waals surface area contributed by atoms with Gasteiger partial charge in [0.25, 0.3) is 0 Å². The number of hydrogen-bond acceptors (Lipinski definition) is 3. The van der Waals surface area contributed by atoms with Crippen LogP contribution in [0.2, 0.25) is 0 Å². The van der Waals surface area contributed by atoms with Gasteiger partial charge in [-0.25, -0.2) is 4.98 Å². The molecule has 0 spiro atoms. The molecule has 0 saturated carbocycles. The molecule has 1 atom stereocenters. The zero-order valence-electron chi connectivity index (χ0n) is 11.7. The topological polar surface area (TPSA) is 24.9 Å². The van der Waals surface area contributed by atoms with Crippen molar-refractivity contribution in [3.63, 3.8) is 0 Å². The van der Waals surface area contributed by atoms with Crippen LogP contribution < -0.4 is 5.32 Å². The number of hydrogen-bond donors (Lipinski definition) is 1. The highest BCUT2D eigenvalue weighted by Crippen LogP contribution is 2.29. The average Bonchev–Trinajstić information content (AvgIpc) is 2.72. The number of aromatic nitrogens is 1. The summed E-state index contributed by atoms with van der Waals surface area (Å²) in [7, 11) is 0. The molecule has 0 bridgehead atoms. The van der Waals surface area contributed by atoms with Crippen LogP contribution in [0.25, 0.3) is 0 Å². The Morgan fingerprint density at radius 3 is 2.59 bits per heavy atom. The summed E-state index contributed by atoms with van der Waals surface area (Å²) in [6.45, 7) is 9.80. The van der Waals surface area contributed by atoms with Gasteiger partial charge in [-0.1, -0.05) is 39.5 Å². The van der Waals surface area contributed by atoms with Gasteiger partial charge in [0.1, 0.15) is 5.01 Å². The summed E-state index contributed by atoms with van der Waals surface area (Å²) in [5, 5.41) is 7.01. The number of aryl methyl sites for hydroxylation is 1. The van der Waals surface area contributed by atoms with Gasteiger partial charge >= 0.3 is 0 Å². The Morgan fingerprint density at radius 1 is 1.29 bits per heavy atom. The van der Waals surface area contributed by atoms with Gasteiger partial charge in [-0.2, -0.15) is 0 Å².